The molecule has 55 heavy (non-hydrogen) atoms. The molecule has 1 heterocycles. The molecule has 6 atom stereocenters. The van der Waals surface area contributed by atoms with Crippen molar-refractivity contribution in [2.24, 2.45) is 0 Å². The Kier molecular flexibility index (Phi) is 15.0. The molecule has 1 aliphatic heterocycles. The second-order valence-electron chi connectivity index (χ2n) is 14.4. The van der Waals surface area contributed by atoms with Gasteiger partial charge in [0.1, 0.15) is 12.1 Å². The van der Waals surface area contributed by atoms with Gasteiger partial charge in [-0.1, -0.05) is 121 Å². The highest BCUT2D eigenvalue weighted by Crippen LogP contribution is 2.39. The number of aliphatic hydroxyl groups is 2. The van der Waals surface area contributed by atoms with Gasteiger partial charge in [-0.2, -0.15) is 0 Å². The van der Waals surface area contributed by atoms with Crippen molar-refractivity contribution in [2.75, 3.05) is 6.61 Å². The van der Waals surface area contributed by atoms with Crippen LogP contribution in [0.5, 0.6) is 0 Å². The quantitative estimate of drug-likeness (QED) is 0.0812. The fourth-order valence-corrected chi connectivity index (χ4v) is 8.12. The molecule has 0 radical (unpaired) electrons. The summed E-state index contributed by atoms with van der Waals surface area (Å²) in [4.78, 5) is 54.4. The first-order valence-electron chi connectivity index (χ1n) is 18.6. The Balaban J connectivity index is 1.29. The van der Waals surface area contributed by atoms with Crippen molar-refractivity contribution >= 4 is 35.4 Å². The average Bonchev–Trinajstić information content (AvgIpc) is 3.51. The van der Waals surface area contributed by atoms with Gasteiger partial charge < -0.3 is 31.5 Å². The summed E-state index contributed by atoms with van der Waals surface area (Å²) >= 11 is 1.37. The third-order valence-electron chi connectivity index (χ3n) is 9.53. The van der Waals surface area contributed by atoms with Crippen molar-refractivity contribution in [3.8, 4) is 0 Å². The van der Waals surface area contributed by atoms with Crippen LogP contribution in [0, 0.1) is 0 Å². The van der Waals surface area contributed by atoms with E-state index in [1.807, 2.05) is 135 Å². The summed E-state index contributed by atoms with van der Waals surface area (Å²) < 4.78 is -0.748. The number of nitrogens with one attached hydrogen (secondary N) is 5. The maximum Gasteiger partial charge on any atom is 0.245 e. The Bertz CT molecular complexity index is 1830. The number of amides is 4. The lowest BCUT2D eigenvalue weighted by atomic mass is 9.96. The van der Waals surface area contributed by atoms with E-state index in [1.54, 1.807) is 0 Å². The fraction of sp³-hybridized carbons (Fsp3) is 0.349. The molecule has 0 aromatic heterocycles. The van der Waals surface area contributed by atoms with Crippen LogP contribution >= 0.6 is 11.8 Å². The summed E-state index contributed by atoms with van der Waals surface area (Å²) in [6.45, 7) is 3.75. The first-order valence-corrected chi connectivity index (χ1v) is 19.4. The minimum absolute atomic E-state index is 0.0753. The Morgan fingerprint density at radius 3 is 1.80 bits per heavy atom. The van der Waals surface area contributed by atoms with E-state index >= 15 is 0 Å². The van der Waals surface area contributed by atoms with Crippen molar-refractivity contribution in [1.82, 2.24) is 26.6 Å². The number of aliphatic hydroxyl groups excluding tert-OH is 2. The van der Waals surface area contributed by atoms with Crippen LogP contribution in [-0.2, 0) is 45.0 Å². The van der Waals surface area contributed by atoms with Gasteiger partial charge in [0.05, 0.1) is 43.0 Å². The van der Waals surface area contributed by atoms with Gasteiger partial charge in [0.2, 0.25) is 23.6 Å². The standard InChI is InChI=1S/C43H51N5O6S/c1-43(2)39(48-42(55-43)38(40(53)44-27-32-21-13-6-14-22-32)47-36(51)25-31-19-11-5-12-20-31)41(54)46-34(24-30-17-9-4-10-18-30)35(50)26-37(52)45-33(28-49)23-29-15-7-3-8-16-29/h3-22,33-35,38-39,42,48-50H,23-28H2,1-2H3,(H,44,53)(H,45,52)(H,46,54)(H,47,51)/t33-,34+,35+,38+,39-,42+/m0/s1. The number of benzene rings is 4. The first-order chi connectivity index (χ1) is 26.5. The molecule has 1 saturated heterocycles. The summed E-state index contributed by atoms with van der Waals surface area (Å²) in [5, 5.41) is 35.8. The molecule has 0 bridgehead atoms. The third-order valence-corrected chi connectivity index (χ3v) is 11.0. The molecule has 1 fully saturated rings. The van der Waals surface area contributed by atoms with Crippen molar-refractivity contribution in [2.45, 2.75) is 86.5 Å². The lowest BCUT2D eigenvalue weighted by Crippen LogP contribution is -2.59. The van der Waals surface area contributed by atoms with Gasteiger partial charge in [0, 0.05) is 11.3 Å². The zero-order valence-electron chi connectivity index (χ0n) is 31.2. The normalized spacial score (nSPS) is 18.3. The molecule has 5 rings (SSSR count). The Morgan fingerprint density at radius 1 is 0.709 bits per heavy atom. The van der Waals surface area contributed by atoms with Gasteiger partial charge >= 0.3 is 0 Å². The summed E-state index contributed by atoms with van der Waals surface area (Å²) in [5.41, 5.74) is 3.50. The summed E-state index contributed by atoms with van der Waals surface area (Å²) in [6, 6.07) is 34.3. The van der Waals surface area contributed by atoms with E-state index in [1.165, 1.54) is 11.8 Å². The van der Waals surface area contributed by atoms with Crippen molar-refractivity contribution in [3.63, 3.8) is 0 Å². The molecule has 0 spiro atoms. The maximum atomic E-state index is 14.2. The number of hydrogen-bond acceptors (Lipinski definition) is 8. The highest BCUT2D eigenvalue weighted by molar-refractivity contribution is 8.01. The molecule has 0 saturated carbocycles. The second-order valence-corrected chi connectivity index (χ2v) is 16.2. The first kappa shape index (κ1) is 41.2. The highest BCUT2D eigenvalue weighted by Gasteiger charge is 2.49. The molecule has 0 unspecified atom stereocenters. The predicted octanol–water partition coefficient (Wildman–Crippen LogP) is 3.04. The van der Waals surface area contributed by atoms with Crippen LogP contribution in [0.3, 0.4) is 0 Å². The smallest absolute Gasteiger partial charge is 0.245 e. The molecule has 1 aliphatic rings. The van der Waals surface area contributed by atoms with Crippen LogP contribution in [0.25, 0.3) is 0 Å². The van der Waals surface area contributed by atoms with Crippen LogP contribution in [0.1, 0.15) is 42.5 Å². The molecule has 7 N–H and O–H groups in total. The monoisotopic (exact) mass is 765 g/mol. The summed E-state index contributed by atoms with van der Waals surface area (Å²) in [5.74, 6) is -1.61. The lowest BCUT2D eigenvalue weighted by Gasteiger charge is -2.29. The predicted molar refractivity (Wildman–Crippen MR) is 215 cm³/mol. The molecule has 11 nitrogen and oxygen atoms in total. The van der Waals surface area contributed by atoms with Crippen molar-refractivity contribution < 1.29 is 29.4 Å². The van der Waals surface area contributed by atoms with Crippen LogP contribution in [0.2, 0.25) is 0 Å². The average molecular weight is 766 g/mol. The zero-order chi connectivity index (χ0) is 39.2. The van der Waals surface area contributed by atoms with E-state index in [4.69, 9.17) is 0 Å². The van der Waals surface area contributed by atoms with E-state index in [0.717, 1.165) is 22.3 Å². The largest absolute Gasteiger partial charge is 0.394 e. The zero-order valence-corrected chi connectivity index (χ0v) is 32.0. The highest BCUT2D eigenvalue weighted by atomic mass is 32.2. The van der Waals surface area contributed by atoms with E-state index in [-0.39, 0.29) is 38.3 Å². The number of rotatable bonds is 18. The molecule has 4 amide bonds. The van der Waals surface area contributed by atoms with Gasteiger partial charge in [-0.3, -0.25) is 24.5 Å². The van der Waals surface area contributed by atoms with Gasteiger partial charge in [0.25, 0.3) is 0 Å². The van der Waals surface area contributed by atoms with Crippen molar-refractivity contribution in [3.05, 3.63) is 144 Å². The van der Waals surface area contributed by atoms with Crippen LogP contribution < -0.4 is 26.6 Å². The topological polar surface area (TPSA) is 169 Å². The number of thioether (sulfide) groups is 1. The Labute approximate surface area is 327 Å². The summed E-state index contributed by atoms with van der Waals surface area (Å²) in [6.07, 6.45) is -0.826. The fourth-order valence-electron chi connectivity index (χ4n) is 6.63. The second kappa shape index (κ2) is 20.1. The Hall–Kier alpha value is -5.01. The van der Waals surface area contributed by atoms with Crippen LogP contribution in [0.15, 0.2) is 121 Å². The maximum absolute atomic E-state index is 14.2. The van der Waals surface area contributed by atoms with Crippen molar-refractivity contribution in [1.29, 1.82) is 0 Å². The number of hydrogen-bond donors (Lipinski definition) is 7. The third kappa shape index (κ3) is 12.5. The van der Waals surface area contributed by atoms with E-state index in [2.05, 4.69) is 26.6 Å². The van der Waals surface area contributed by atoms with Gasteiger partial charge in [-0.05, 0) is 48.9 Å². The molecule has 4 aromatic carbocycles. The molecule has 12 heteroatoms. The lowest BCUT2D eigenvalue weighted by molar-refractivity contribution is -0.129. The molecule has 290 valence electrons. The molecule has 0 aliphatic carbocycles. The minimum Gasteiger partial charge on any atom is -0.394 e. The van der Waals surface area contributed by atoms with E-state index in [9.17, 15) is 29.4 Å². The van der Waals surface area contributed by atoms with Crippen LogP contribution in [-0.4, -0.2) is 80.8 Å². The molecular formula is C43H51N5O6S. The van der Waals surface area contributed by atoms with Crippen LogP contribution in [0.4, 0.5) is 0 Å². The van der Waals surface area contributed by atoms with Gasteiger partial charge in [0.15, 0.2) is 0 Å². The molecule has 4 aromatic rings. The number of carbonyl (C=O) groups is 4. The van der Waals surface area contributed by atoms with Gasteiger partial charge in [-0.25, -0.2) is 0 Å². The number of carbonyl (C=O) groups excluding carboxylic acids is 4. The minimum atomic E-state index is -1.26. The van der Waals surface area contributed by atoms with Gasteiger partial charge in [-0.15, -0.1) is 11.8 Å². The van der Waals surface area contributed by atoms with E-state index in [0.29, 0.717) is 6.42 Å². The SMILES string of the molecule is CC1(C)S[C@H]([C@H](NC(=O)Cc2ccccc2)C(=O)NCc2ccccc2)N[C@H]1C(=O)N[C@H](Cc1ccccc1)[C@H](O)CC(=O)N[C@H](CO)Cc1ccccc1. The van der Waals surface area contributed by atoms with E-state index < -0.39 is 58.1 Å². The molecular weight excluding hydrogens is 715 g/mol. The summed E-state index contributed by atoms with van der Waals surface area (Å²) in [7, 11) is 0. The Morgan fingerprint density at radius 2 is 1.24 bits per heavy atom.